The van der Waals surface area contributed by atoms with Crippen molar-refractivity contribution in [3.8, 4) is 11.5 Å². The first-order valence-electron chi connectivity index (χ1n) is 7.90. The summed E-state index contributed by atoms with van der Waals surface area (Å²) in [7, 11) is 6.71. The van der Waals surface area contributed by atoms with Crippen LogP contribution in [0.4, 0.5) is 0 Å². The third-order valence-corrected chi connectivity index (χ3v) is 3.46. The number of guanidine groups is 1. The Labute approximate surface area is 168 Å². The molecule has 0 aliphatic carbocycles. The lowest BCUT2D eigenvalue weighted by atomic mass is 10.1. The molecule has 1 aromatic carbocycles. The Bertz CT molecular complexity index is 565. The van der Waals surface area contributed by atoms with Crippen LogP contribution in [0.1, 0.15) is 18.1 Å². The summed E-state index contributed by atoms with van der Waals surface area (Å²) < 4.78 is 16.0. The second-order valence-electron chi connectivity index (χ2n) is 5.41. The Morgan fingerprint density at radius 1 is 1.28 bits per heavy atom. The van der Waals surface area contributed by atoms with Crippen LogP contribution < -0.4 is 20.1 Å². The fourth-order valence-corrected chi connectivity index (χ4v) is 2.42. The van der Waals surface area contributed by atoms with Crippen LogP contribution in [0.15, 0.2) is 29.8 Å². The Kier molecular flexibility index (Phi) is 12.1. The molecule has 0 aliphatic heterocycles. The molecule has 0 radical (unpaired) electrons. The number of allylic oxidation sites excluding steroid dienone is 1. The Morgan fingerprint density at radius 2 is 2.00 bits per heavy atom. The van der Waals surface area contributed by atoms with E-state index < -0.39 is 0 Å². The van der Waals surface area contributed by atoms with Crippen molar-refractivity contribution in [3.63, 3.8) is 0 Å². The SMILES string of the molecule is C=CCc1cc(CNC(=NC)NC(C)COC)cc(OC)c1OC.I. The molecule has 7 heteroatoms. The average Bonchev–Trinajstić information content (AvgIpc) is 2.58. The molecule has 0 aromatic heterocycles. The zero-order valence-electron chi connectivity index (χ0n) is 15.7. The monoisotopic (exact) mass is 463 g/mol. The fourth-order valence-electron chi connectivity index (χ4n) is 2.42. The maximum Gasteiger partial charge on any atom is 0.191 e. The van der Waals surface area contributed by atoms with Crippen LogP contribution in [0.25, 0.3) is 0 Å². The van der Waals surface area contributed by atoms with Gasteiger partial charge in [0.05, 0.1) is 20.8 Å². The fraction of sp³-hybridized carbons (Fsp3) is 0.500. The molecule has 0 aliphatic rings. The van der Waals surface area contributed by atoms with Gasteiger partial charge in [0.15, 0.2) is 17.5 Å². The lowest BCUT2D eigenvalue weighted by Crippen LogP contribution is -2.43. The molecule has 1 atom stereocenters. The highest BCUT2D eigenvalue weighted by molar-refractivity contribution is 14.0. The predicted octanol–water partition coefficient (Wildman–Crippen LogP) is 2.75. The molecule has 1 unspecified atom stereocenters. The molecule has 1 rings (SSSR count). The number of methoxy groups -OCH3 is 3. The van der Waals surface area contributed by atoms with Crippen molar-refractivity contribution in [2.75, 3.05) is 35.0 Å². The summed E-state index contributed by atoms with van der Waals surface area (Å²) in [5.41, 5.74) is 2.12. The molecule has 0 saturated heterocycles. The highest BCUT2D eigenvalue weighted by atomic mass is 127. The van der Waals surface area contributed by atoms with Crippen molar-refractivity contribution in [3.05, 3.63) is 35.9 Å². The number of hydrogen-bond donors (Lipinski definition) is 2. The summed E-state index contributed by atoms with van der Waals surface area (Å²) in [5, 5.41) is 6.56. The van der Waals surface area contributed by atoms with E-state index in [0.29, 0.717) is 25.3 Å². The van der Waals surface area contributed by atoms with Crippen LogP contribution in [-0.4, -0.2) is 47.0 Å². The summed E-state index contributed by atoms with van der Waals surface area (Å²) in [6.07, 6.45) is 2.56. The number of nitrogens with one attached hydrogen (secondary N) is 2. The van der Waals surface area contributed by atoms with E-state index in [0.717, 1.165) is 22.8 Å². The van der Waals surface area contributed by atoms with E-state index in [4.69, 9.17) is 14.2 Å². The van der Waals surface area contributed by atoms with Crippen LogP contribution >= 0.6 is 24.0 Å². The van der Waals surface area contributed by atoms with Crippen LogP contribution in [0.5, 0.6) is 11.5 Å². The van der Waals surface area contributed by atoms with E-state index in [1.54, 1.807) is 28.4 Å². The van der Waals surface area contributed by atoms with Crippen LogP contribution in [-0.2, 0) is 17.7 Å². The molecule has 0 heterocycles. The third-order valence-electron chi connectivity index (χ3n) is 3.46. The zero-order chi connectivity index (χ0) is 17.9. The van der Waals surface area contributed by atoms with Crippen molar-refractivity contribution in [1.29, 1.82) is 0 Å². The highest BCUT2D eigenvalue weighted by Crippen LogP contribution is 2.33. The normalized spacial score (nSPS) is 12.0. The molecule has 0 fully saturated rings. The van der Waals surface area contributed by atoms with Crippen molar-refractivity contribution in [2.24, 2.45) is 4.99 Å². The van der Waals surface area contributed by atoms with Crippen molar-refractivity contribution in [2.45, 2.75) is 25.9 Å². The molecular weight excluding hydrogens is 433 g/mol. The van der Waals surface area contributed by atoms with Crippen molar-refractivity contribution in [1.82, 2.24) is 10.6 Å². The maximum atomic E-state index is 5.46. The smallest absolute Gasteiger partial charge is 0.191 e. The number of ether oxygens (including phenoxy) is 3. The van der Waals surface area contributed by atoms with Gasteiger partial charge in [-0.25, -0.2) is 0 Å². The first-order valence-corrected chi connectivity index (χ1v) is 7.90. The zero-order valence-corrected chi connectivity index (χ0v) is 18.0. The number of aliphatic imine (C=N–C) groups is 1. The van der Waals surface area contributed by atoms with Gasteiger partial charge < -0.3 is 24.8 Å². The topological polar surface area (TPSA) is 64.1 Å². The summed E-state index contributed by atoms with van der Waals surface area (Å²) in [6, 6.07) is 4.22. The van der Waals surface area contributed by atoms with Gasteiger partial charge in [-0.2, -0.15) is 0 Å². The number of hydrogen-bond acceptors (Lipinski definition) is 4. The van der Waals surface area contributed by atoms with Gasteiger partial charge in [-0.3, -0.25) is 4.99 Å². The number of rotatable bonds is 9. The van der Waals surface area contributed by atoms with E-state index in [9.17, 15) is 0 Å². The lowest BCUT2D eigenvalue weighted by Gasteiger charge is -2.18. The summed E-state index contributed by atoms with van der Waals surface area (Å²) in [5.74, 6) is 2.18. The summed E-state index contributed by atoms with van der Waals surface area (Å²) >= 11 is 0. The van der Waals surface area contributed by atoms with Crippen molar-refractivity contribution < 1.29 is 14.2 Å². The van der Waals surface area contributed by atoms with E-state index >= 15 is 0 Å². The molecular formula is C18H30IN3O3. The lowest BCUT2D eigenvalue weighted by molar-refractivity contribution is 0.179. The van der Waals surface area contributed by atoms with Gasteiger partial charge >= 0.3 is 0 Å². The molecule has 0 bridgehead atoms. The summed E-state index contributed by atoms with van der Waals surface area (Å²) in [4.78, 5) is 4.23. The Balaban J connectivity index is 0.00000576. The summed E-state index contributed by atoms with van der Waals surface area (Å²) in [6.45, 7) is 7.06. The van der Waals surface area contributed by atoms with E-state index in [2.05, 4.69) is 28.3 Å². The number of nitrogens with zero attached hydrogens (tertiary/aromatic N) is 1. The second kappa shape index (κ2) is 12.8. The van der Waals surface area contributed by atoms with Crippen LogP contribution in [0, 0.1) is 0 Å². The minimum atomic E-state index is 0. The Morgan fingerprint density at radius 3 is 2.52 bits per heavy atom. The molecule has 25 heavy (non-hydrogen) atoms. The van der Waals surface area contributed by atoms with Gasteiger partial charge in [0.1, 0.15) is 0 Å². The highest BCUT2D eigenvalue weighted by Gasteiger charge is 2.12. The second-order valence-corrected chi connectivity index (χ2v) is 5.41. The minimum Gasteiger partial charge on any atom is -0.493 e. The van der Waals surface area contributed by atoms with Crippen LogP contribution in [0.3, 0.4) is 0 Å². The Hall–Kier alpha value is -1.48. The van der Waals surface area contributed by atoms with Gasteiger partial charge in [0.25, 0.3) is 0 Å². The van der Waals surface area contributed by atoms with E-state index in [-0.39, 0.29) is 30.0 Å². The molecule has 0 amide bonds. The van der Waals surface area contributed by atoms with Crippen molar-refractivity contribution >= 4 is 29.9 Å². The largest absolute Gasteiger partial charge is 0.493 e. The molecule has 0 spiro atoms. The minimum absolute atomic E-state index is 0. The molecule has 6 nitrogen and oxygen atoms in total. The van der Waals surface area contributed by atoms with Gasteiger partial charge in [-0.05, 0) is 31.0 Å². The maximum absolute atomic E-state index is 5.46. The first-order chi connectivity index (χ1) is 11.6. The number of halogens is 1. The molecule has 0 saturated carbocycles. The quantitative estimate of drug-likeness (QED) is 0.255. The van der Waals surface area contributed by atoms with Gasteiger partial charge in [0, 0.05) is 32.3 Å². The average molecular weight is 463 g/mol. The predicted molar refractivity (Wildman–Crippen MR) is 114 cm³/mol. The van der Waals surface area contributed by atoms with Gasteiger partial charge in [-0.15, -0.1) is 30.6 Å². The first kappa shape index (κ1) is 23.5. The third kappa shape index (κ3) is 7.52. The van der Waals surface area contributed by atoms with Gasteiger partial charge in [0.2, 0.25) is 0 Å². The number of benzene rings is 1. The molecule has 142 valence electrons. The molecule has 2 N–H and O–H groups in total. The van der Waals surface area contributed by atoms with E-state index in [1.165, 1.54) is 0 Å². The molecule has 1 aromatic rings. The standard InChI is InChI=1S/C18H29N3O3.HI/c1-7-8-15-9-14(10-16(23-5)17(15)24-6)11-20-18(19-3)21-13(2)12-22-4;/h7,9-10,13H,1,8,11-12H2,2-6H3,(H2,19,20,21);1H. The van der Waals surface area contributed by atoms with Gasteiger partial charge in [-0.1, -0.05) is 6.08 Å². The van der Waals surface area contributed by atoms with Crippen LogP contribution in [0.2, 0.25) is 0 Å². The van der Waals surface area contributed by atoms with E-state index in [1.807, 2.05) is 19.1 Å².